The van der Waals surface area contributed by atoms with Gasteiger partial charge in [-0.05, 0) is 55.0 Å². The number of aliphatic hydroxyl groups is 1. The summed E-state index contributed by atoms with van der Waals surface area (Å²) < 4.78 is 16.7. The van der Waals surface area contributed by atoms with Gasteiger partial charge in [-0.2, -0.15) is 0 Å². The van der Waals surface area contributed by atoms with Gasteiger partial charge in [-0.1, -0.05) is 18.2 Å². The van der Waals surface area contributed by atoms with Gasteiger partial charge in [0.05, 0.1) is 18.2 Å². The molecule has 2 aliphatic rings. The highest BCUT2D eigenvalue weighted by atomic mass is 16.6. The lowest BCUT2D eigenvalue weighted by Crippen LogP contribution is -2.30. The molecule has 0 bridgehead atoms. The van der Waals surface area contributed by atoms with Gasteiger partial charge in [0, 0.05) is 11.8 Å². The predicted octanol–water partition coefficient (Wildman–Crippen LogP) is 3.88. The summed E-state index contributed by atoms with van der Waals surface area (Å²) in [5.74, 6) is 0.130. The first kappa shape index (κ1) is 21.5. The van der Waals surface area contributed by atoms with Gasteiger partial charge in [-0.25, -0.2) is 4.98 Å². The lowest BCUT2D eigenvalue weighted by Gasteiger charge is -2.24. The van der Waals surface area contributed by atoms with Crippen molar-refractivity contribution in [2.24, 2.45) is 0 Å². The van der Waals surface area contributed by atoms with Crippen molar-refractivity contribution in [3.63, 3.8) is 0 Å². The monoisotopic (exact) mass is 458 g/mol. The van der Waals surface area contributed by atoms with Crippen LogP contribution in [0.5, 0.6) is 17.2 Å². The number of rotatable bonds is 5. The van der Waals surface area contributed by atoms with E-state index in [0.29, 0.717) is 54.0 Å². The largest absolute Gasteiger partial charge is 0.507 e. The molecule has 1 fully saturated rings. The van der Waals surface area contributed by atoms with Crippen LogP contribution in [0.3, 0.4) is 0 Å². The fraction of sp³-hybridized carbons (Fsp3) is 0.192. The smallest absolute Gasteiger partial charge is 0.301 e. The standard InChI is InChI=1S/C26H22N2O6/c1-2-32-18-9-6-16(7-10-18)23-22(25(30)26(31)28(23)21-5-3-4-12-27-21)24(29)17-8-11-19-20(15-17)34-14-13-33-19/h3-12,15,23,29H,2,13-14H2,1H3/b24-22+. The SMILES string of the molecule is CCOc1ccc(C2/C(=C(\O)c3ccc4c(c3)OCCO4)C(=O)C(=O)N2c2ccccn2)cc1. The van der Waals surface area contributed by atoms with Gasteiger partial charge in [0.25, 0.3) is 5.78 Å². The number of hydrogen-bond acceptors (Lipinski definition) is 7. The van der Waals surface area contributed by atoms with E-state index in [1.165, 1.54) is 4.90 Å². The molecule has 8 nitrogen and oxygen atoms in total. The van der Waals surface area contributed by atoms with Crippen molar-refractivity contribution in [1.82, 2.24) is 4.98 Å². The molecule has 0 aliphatic carbocycles. The fourth-order valence-corrected chi connectivity index (χ4v) is 4.14. The van der Waals surface area contributed by atoms with Crippen LogP contribution in [0.25, 0.3) is 5.76 Å². The summed E-state index contributed by atoms with van der Waals surface area (Å²) in [6, 6.07) is 16.2. The molecule has 1 atom stereocenters. The number of carbonyl (C=O) groups excluding carboxylic acids is 2. The predicted molar refractivity (Wildman–Crippen MR) is 124 cm³/mol. The number of nitrogens with zero attached hydrogens (tertiary/aromatic N) is 2. The number of anilines is 1. The molecule has 2 aliphatic heterocycles. The van der Waals surface area contributed by atoms with E-state index in [9.17, 15) is 14.7 Å². The normalized spacial score (nSPS) is 18.7. The van der Waals surface area contributed by atoms with Crippen LogP contribution in [0.2, 0.25) is 0 Å². The Balaban J connectivity index is 1.66. The van der Waals surface area contributed by atoms with Crippen molar-refractivity contribution in [2.45, 2.75) is 13.0 Å². The van der Waals surface area contributed by atoms with Crippen molar-refractivity contribution in [3.8, 4) is 17.2 Å². The molecule has 1 aromatic heterocycles. The number of hydrogen-bond donors (Lipinski definition) is 1. The average molecular weight is 458 g/mol. The molecular weight excluding hydrogens is 436 g/mol. The zero-order chi connectivity index (χ0) is 23.7. The molecule has 5 rings (SSSR count). The molecule has 1 saturated heterocycles. The number of aliphatic hydroxyl groups excluding tert-OH is 1. The van der Waals surface area contributed by atoms with Gasteiger partial charge in [-0.3, -0.25) is 14.5 Å². The minimum atomic E-state index is -0.876. The van der Waals surface area contributed by atoms with Gasteiger partial charge in [-0.15, -0.1) is 0 Å². The zero-order valence-corrected chi connectivity index (χ0v) is 18.4. The number of amides is 1. The second-order valence-corrected chi connectivity index (χ2v) is 7.72. The maximum absolute atomic E-state index is 13.2. The van der Waals surface area contributed by atoms with Gasteiger partial charge in [0.15, 0.2) is 11.5 Å². The van der Waals surface area contributed by atoms with E-state index in [2.05, 4.69) is 4.98 Å². The number of pyridine rings is 1. The van der Waals surface area contributed by atoms with Gasteiger partial charge < -0.3 is 19.3 Å². The van der Waals surface area contributed by atoms with Crippen LogP contribution >= 0.6 is 0 Å². The second-order valence-electron chi connectivity index (χ2n) is 7.72. The van der Waals surface area contributed by atoms with Crippen LogP contribution in [-0.2, 0) is 9.59 Å². The molecular formula is C26H22N2O6. The molecule has 2 aromatic carbocycles. The van der Waals surface area contributed by atoms with E-state index < -0.39 is 17.7 Å². The summed E-state index contributed by atoms with van der Waals surface area (Å²) in [7, 11) is 0. The van der Waals surface area contributed by atoms with Crippen molar-refractivity contribution in [1.29, 1.82) is 0 Å². The van der Waals surface area contributed by atoms with Crippen molar-refractivity contribution in [3.05, 3.63) is 83.6 Å². The summed E-state index contributed by atoms with van der Waals surface area (Å²) in [6.45, 7) is 3.21. The highest BCUT2D eigenvalue weighted by Gasteiger charge is 2.47. The molecule has 1 amide bonds. The number of Topliss-reactive ketones (excluding diaryl/α,β-unsaturated/α-hetero) is 1. The van der Waals surface area contributed by atoms with Crippen molar-refractivity contribution in [2.75, 3.05) is 24.7 Å². The lowest BCUT2D eigenvalue weighted by molar-refractivity contribution is -0.132. The molecule has 1 unspecified atom stereocenters. The number of ether oxygens (including phenoxy) is 3. The van der Waals surface area contributed by atoms with Gasteiger partial charge >= 0.3 is 5.91 Å². The summed E-state index contributed by atoms with van der Waals surface area (Å²) in [4.78, 5) is 32.0. The summed E-state index contributed by atoms with van der Waals surface area (Å²) in [5.41, 5.74) is 0.947. The quantitative estimate of drug-likeness (QED) is 0.352. The maximum Gasteiger partial charge on any atom is 0.301 e. The molecule has 172 valence electrons. The van der Waals surface area contributed by atoms with E-state index in [0.717, 1.165) is 0 Å². The third-order valence-electron chi connectivity index (χ3n) is 5.66. The number of benzene rings is 2. The number of ketones is 1. The summed E-state index contributed by atoms with van der Waals surface area (Å²) >= 11 is 0. The highest BCUT2D eigenvalue weighted by molar-refractivity contribution is 6.51. The molecule has 3 heterocycles. The molecule has 0 spiro atoms. The number of carbonyl (C=O) groups is 2. The van der Waals surface area contributed by atoms with E-state index >= 15 is 0 Å². The van der Waals surface area contributed by atoms with Gasteiger partial charge in [0.2, 0.25) is 0 Å². The molecule has 0 radical (unpaired) electrons. The minimum Gasteiger partial charge on any atom is -0.507 e. The van der Waals surface area contributed by atoms with E-state index in [4.69, 9.17) is 14.2 Å². The first-order valence-electron chi connectivity index (χ1n) is 10.9. The van der Waals surface area contributed by atoms with Crippen LogP contribution in [0.1, 0.15) is 24.1 Å². The third-order valence-corrected chi connectivity index (χ3v) is 5.66. The topological polar surface area (TPSA) is 98.2 Å². The summed E-state index contributed by atoms with van der Waals surface area (Å²) in [5, 5.41) is 11.3. The summed E-state index contributed by atoms with van der Waals surface area (Å²) in [6.07, 6.45) is 1.55. The Morgan fingerprint density at radius 3 is 2.53 bits per heavy atom. The maximum atomic E-state index is 13.2. The zero-order valence-electron chi connectivity index (χ0n) is 18.4. The Hall–Kier alpha value is -4.33. The van der Waals surface area contributed by atoms with Crippen LogP contribution in [-0.4, -0.2) is 41.6 Å². The molecule has 8 heteroatoms. The molecule has 3 aromatic rings. The first-order chi connectivity index (χ1) is 16.6. The van der Waals surface area contributed by atoms with E-state index in [-0.39, 0.29) is 11.3 Å². The Kier molecular flexibility index (Phi) is 5.63. The van der Waals surface area contributed by atoms with E-state index in [1.807, 2.05) is 6.92 Å². The Morgan fingerprint density at radius 1 is 1.06 bits per heavy atom. The van der Waals surface area contributed by atoms with Crippen LogP contribution in [0.15, 0.2) is 72.4 Å². The van der Waals surface area contributed by atoms with Crippen LogP contribution in [0, 0.1) is 0 Å². The number of aromatic nitrogens is 1. The first-order valence-corrected chi connectivity index (χ1v) is 10.9. The fourth-order valence-electron chi connectivity index (χ4n) is 4.14. The molecule has 0 saturated carbocycles. The third kappa shape index (κ3) is 3.73. The Morgan fingerprint density at radius 2 is 1.82 bits per heavy atom. The highest BCUT2D eigenvalue weighted by Crippen LogP contribution is 2.43. The Bertz CT molecular complexity index is 1270. The number of fused-ring (bicyclic) bond motifs is 1. The lowest BCUT2D eigenvalue weighted by atomic mass is 9.95. The second kappa shape index (κ2) is 8.90. The van der Waals surface area contributed by atoms with Crippen LogP contribution < -0.4 is 19.1 Å². The molecule has 1 N–H and O–H groups in total. The van der Waals surface area contributed by atoms with Crippen molar-refractivity contribution < 1.29 is 28.9 Å². The Labute approximate surface area is 196 Å². The van der Waals surface area contributed by atoms with Gasteiger partial charge in [0.1, 0.15) is 30.5 Å². The minimum absolute atomic E-state index is 0.0310. The van der Waals surface area contributed by atoms with E-state index in [1.54, 1.807) is 66.9 Å². The van der Waals surface area contributed by atoms with Crippen LogP contribution in [0.4, 0.5) is 5.82 Å². The molecule has 34 heavy (non-hydrogen) atoms. The van der Waals surface area contributed by atoms with Crippen molar-refractivity contribution >= 4 is 23.3 Å². The average Bonchev–Trinajstić information content (AvgIpc) is 3.14.